The van der Waals surface area contributed by atoms with Crippen molar-refractivity contribution in [2.75, 3.05) is 19.6 Å². The molecule has 0 aliphatic carbocycles. The van der Waals surface area contributed by atoms with Crippen LogP contribution < -0.4 is 16.0 Å². The largest absolute Gasteiger partial charge is 0.353 e. The molecule has 0 bridgehead atoms. The van der Waals surface area contributed by atoms with Crippen molar-refractivity contribution in [3.05, 3.63) is 0 Å². The van der Waals surface area contributed by atoms with E-state index in [0.29, 0.717) is 12.6 Å². The van der Waals surface area contributed by atoms with Gasteiger partial charge in [-0.3, -0.25) is 9.59 Å². The summed E-state index contributed by atoms with van der Waals surface area (Å²) in [6.45, 7) is 7.51. The third-order valence-electron chi connectivity index (χ3n) is 3.33. The third kappa shape index (κ3) is 4.73. The Hall–Kier alpha value is -1.10. The molecule has 0 aromatic heterocycles. The maximum Gasteiger partial charge on any atom is 0.239 e. The Morgan fingerprint density at radius 1 is 1.35 bits per heavy atom. The van der Waals surface area contributed by atoms with Crippen LogP contribution in [0.15, 0.2) is 0 Å². The Bertz CT molecular complexity index is 289. The number of amides is 2. The van der Waals surface area contributed by atoms with E-state index in [-0.39, 0.29) is 23.8 Å². The van der Waals surface area contributed by atoms with Gasteiger partial charge in [0.25, 0.3) is 0 Å². The van der Waals surface area contributed by atoms with E-state index in [1.165, 1.54) is 19.8 Å². The van der Waals surface area contributed by atoms with Crippen LogP contribution in [-0.4, -0.2) is 37.5 Å². The zero-order valence-electron chi connectivity index (χ0n) is 10.9. The summed E-state index contributed by atoms with van der Waals surface area (Å²) in [6, 6.07) is 0.303. The van der Waals surface area contributed by atoms with E-state index in [1.54, 1.807) is 0 Å². The lowest BCUT2D eigenvalue weighted by Gasteiger charge is -2.39. The third-order valence-corrected chi connectivity index (χ3v) is 3.33. The molecule has 5 heteroatoms. The van der Waals surface area contributed by atoms with Crippen LogP contribution in [0.5, 0.6) is 0 Å². The predicted molar refractivity (Wildman–Crippen MR) is 66.5 cm³/mol. The van der Waals surface area contributed by atoms with Crippen LogP contribution in [0.4, 0.5) is 0 Å². The molecule has 0 aromatic carbocycles. The highest BCUT2D eigenvalue weighted by Gasteiger charge is 2.31. The Balaban J connectivity index is 2.29. The van der Waals surface area contributed by atoms with Gasteiger partial charge in [0.05, 0.1) is 6.54 Å². The first-order valence-corrected chi connectivity index (χ1v) is 6.16. The number of piperidine rings is 1. The van der Waals surface area contributed by atoms with E-state index in [0.717, 1.165) is 6.54 Å². The molecule has 1 unspecified atom stereocenters. The molecule has 1 aliphatic rings. The first kappa shape index (κ1) is 14.0. The normalized spacial score (nSPS) is 22.9. The molecule has 98 valence electrons. The summed E-state index contributed by atoms with van der Waals surface area (Å²) in [7, 11) is 0. The second-order valence-corrected chi connectivity index (χ2v) is 5.31. The van der Waals surface area contributed by atoms with Gasteiger partial charge in [0, 0.05) is 19.5 Å². The highest BCUT2D eigenvalue weighted by molar-refractivity contribution is 5.83. The van der Waals surface area contributed by atoms with Gasteiger partial charge in [0.2, 0.25) is 11.8 Å². The van der Waals surface area contributed by atoms with Crippen molar-refractivity contribution in [2.24, 2.45) is 5.41 Å². The lowest BCUT2D eigenvalue weighted by Crippen LogP contribution is -2.53. The minimum Gasteiger partial charge on any atom is -0.353 e. The summed E-state index contributed by atoms with van der Waals surface area (Å²) in [5.41, 5.74) is 0.208. The molecule has 17 heavy (non-hydrogen) atoms. The van der Waals surface area contributed by atoms with Gasteiger partial charge in [-0.1, -0.05) is 13.8 Å². The van der Waals surface area contributed by atoms with Gasteiger partial charge in [-0.2, -0.15) is 0 Å². The zero-order valence-corrected chi connectivity index (χ0v) is 10.9. The van der Waals surface area contributed by atoms with E-state index in [2.05, 4.69) is 29.8 Å². The molecule has 1 saturated heterocycles. The number of carbonyl (C=O) groups excluding carboxylic acids is 2. The lowest BCUT2D eigenvalue weighted by molar-refractivity contribution is -0.125. The molecule has 0 aromatic rings. The van der Waals surface area contributed by atoms with Gasteiger partial charge < -0.3 is 16.0 Å². The Kier molecular flexibility index (Phi) is 4.93. The van der Waals surface area contributed by atoms with Crippen molar-refractivity contribution in [3.63, 3.8) is 0 Å². The number of hydrogen-bond donors (Lipinski definition) is 3. The number of nitrogens with one attached hydrogen (secondary N) is 3. The Labute approximate surface area is 103 Å². The number of carbonyl (C=O) groups is 2. The minimum atomic E-state index is -0.184. The van der Waals surface area contributed by atoms with E-state index in [9.17, 15) is 9.59 Å². The second-order valence-electron chi connectivity index (χ2n) is 5.31. The molecule has 1 rings (SSSR count). The molecule has 1 heterocycles. The molecule has 1 fully saturated rings. The van der Waals surface area contributed by atoms with Gasteiger partial charge in [0.15, 0.2) is 0 Å². The zero-order chi connectivity index (χ0) is 12.9. The van der Waals surface area contributed by atoms with Crippen LogP contribution >= 0.6 is 0 Å². The summed E-state index contributed by atoms with van der Waals surface area (Å²) in [5, 5.41) is 8.76. The van der Waals surface area contributed by atoms with Crippen LogP contribution in [0, 0.1) is 5.41 Å². The van der Waals surface area contributed by atoms with Crippen LogP contribution in [0.3, 0.4) is 0 Å². The van der Waals surface area contributed by atoms with Gasteiger partial charge in [-0.25, -0.2) is 0 Å². The molecule has 2 amide bonds. The van der Waals surface area contributed by atoms with Crippen molar-refractivity contribution in [1.82, 2.24) is 16.0 Å². The summed E-state index contributed by atoms with van der Waals surface area (Å²) in [4.78, 5) is 22.1. The number of rotatable bonds is 4. The molecular formula is C12H23N3O2. The SMILES string of the molecule is CC(=O)NCC(=O)NCC1NCCCC1(C)C. The molecule has 1 atom stereocenters. The molecular weight excluding hydrogens is 218 g/mol. The molecule has 0 radical (unpaired) electrons. The number of hydrogen-bond acceptors (Lipinski definition) is 3. The first-order valence-electron chi connectivity index (χ1n) is 6.16. The first-order chi connectivity index (χ1) is 7.92. The Morgan fingerprint density at radius 3 is 2.65 bits per heavy atom. The van der Waals surface area contributed by atoms with E-state index in [1.807, 2.05) is 0 Å². The van der Waals surface area contributed by atoms with Gasteiger partial charge in [-0.15, -0.1) is 0 Å². The summed E-state index contributed by atoms with van der Waals surface area (Å²) >= 11 is 0. The van der Waals surface area contributed by atoms with Crippen molar-refractivity contribution >= 4 is 11.8 Å². The van der Waals surface area contributed by atoms with Gasteiger partial charge in [-0.05, 0) is 24.8 Å². The average Bonchev–Trinajstić information content (AvgIpc) is 2.24. The van der Waals surface area contributed by atoms with E-state index >= 15 is 0 Å². The van der Waals surface area contributed by atoms with Gasteiger partial charge >= 0.3 is 0 Å². The van der Waals surface area contributed by atoms with Crippen molar-refractivity contribution < 1.29 is 9.59 Å². The highest BCUT2D eigenvalue weighted by atomic mass is 16.2. The fourth-order valence-electron chi connectivity index (χ4n) is 2.10. The van der Waals surface area contributed by atoms with Crippen molar-refractivity contribution in [3.8, 4) is 0 Å². The van der Waals surface area contributed by atoms with Crippen LogP contribution in [0.1, 0.15) is 33.6 Å². The molecule has 3 N–H and O–H groups in total. The quantitative estimate of drug-likeness (QED) is 0.650. The van der Waals surface area contributed by atoms with E-state index < -0.39 is 0 Å². The molecule has 1 aliphatic heterocycles. The predicted octanol–water partition coefficient (Wildman–Crippen LogP) is 0.0169. The van der Waals surface area contributed by atoms with Crippen LogP contribution in [-0.2, 0) is 9.59 Å². The summed E-state index contributed by atoms with van der Waals surface area (Å²) < 4.78 is 0. The maximum atomic E-state index is 11.4. The molecule has 0 saturated carbocycles. The van der Waals surface area contributed by atoms with Crippen molar-refractivity contribution in [1.29, 1.82) is 0 Å². The Morgan fingerprint density at radius 2 is 2.06 bits per heavy atom. The van der Waals surface area contributed by atoms with Gasteiger partial charge in [0.1, 0.15) is 0 Å². The average molecular weight is 241 g/mol. The van der Waals surface area contributed by atoms with E-state index in [4.69, 9.17) is 0 Å². The molecule has 5 nitrogen and oxygen atoms in total. The lowest BCUT2D eigenvalue weighted by atomic mass is 9.77. The molecule has 0 spiro atoms. The van der Waals surface area contributed by atoms with Crippen molar-refractivity contribution in [2.45, 2.75) is 39.7 Å². The summed E-state index contributed by atoms with van der Waals surface area (Å²) in [5.74, 6) is -0.320. The topological polar surface area (TPSA) is 70.2 Å². The minimum absolute atomic E-state index is 0.0580. The second kappa shape index (κ2) is 6.00. The standard InChI is InChI=1S/C12H23N3O2/c1-9(16)14-8-11(17)15-7-10-12(2,3)5-4-6-13-10/h10,13H,4-8H2,1-3H3,(H,14,16)(H,15,17). The smallest absolute Gasteiger partial charge is 0.239 e. The summed E-state index contributed by atoms with van der Waals surface area (Å²) in [6.07, 6.45) is 2.36. The highest BCUT2D eigenvalue weighted by Crippen LogP contribution is 2.29. The monoisotopic (exact) mass is 241 g/mol. The fourth-order valence-corrected chi connectivity index (χ4v) is 2.10. The fraction of sp³-hybridized carbons (Fsp3) is 0.833. The maximum absolute atomic E-state index is 11.4. The van der Waals surface area contributed by atoms with Crippen LogP contribution in [0.25, 0.3) is 0 Å². The van der Waals surface area contributed by atoms with Crippen LogP contribution in [0.2, 0.25) is 0 Å².